The maximum Gasteiger partial charge on any atom is 0.303 e. The lowest BCUT2D eigenvalue weighted by Crippen LogP contribution is -2.46. The first-order valence-corrected chi connectivity index (χ1v) is 30.9. The minimum absolute atomic E-state index is 0.00613. The molecule has 6 amide bonds. The van der Waals surface area contributed by atoms with Crippen molar-refractivity contribution in [2.45, 2.75) is 51.4 Å². The van der Waals surface area contributed by atoms with Gasteiger partial charge in [-0.15, -0.1) is 0 Å². The van der Waals surface area contributed by atoms with Crippen molar-refractivity contribution in [2.75, 3.05) is 86.7 Å². The summed E-state index contributed by atoms with van der Waals surface area (Å²) in [7, 11) is 0. The van der Waals surface area contributed by atoms with Gasteiger partial charge in [0.25, 0.3) is 0 Å². The number of carboxylic acids is 2. The summed E-state index contributed by atoms with van der Waals surface area (Å²) in [6, 6.07) is 37.5. The predicted octanol–water partition coefficient (Wildman–Crippen LogP) is 9.67. The molecule has 8 N–H and O–H groups in total. The summed E-state index contributed by atoms with van der Waals surface area (Å²) in [5.41, 5.74) is 11.2. The normalized spacial score (nSPS) is 17.3. The number of carbonyl (C=O) groups excluding carboxylic acids is 6. The number of para-hydroxylation sites is 4. The van der Waals surface area contributed by atoms with E-state index in [-0.39, 0.29) is 116 Å². The molecule has 468 valence electrons. The second-order valence-corrected chi connectivity index (χ2v) is 23.1. The largest absolute Gasteiger partial charge is 0.481 e. The van der Waals surface area contributed by atoms with Crippen molar-refractivity contribution in [1.29, 1.82) is 0 Å². The number of carbonyl (C=O) groups is 8. The van der Waals surface area contributed by atoms with Crippen LogP contribution in [0.1, 0.15) is 74.1 Å². The van der Waals surface area contributed by atoms with E-state index in [1.165, 1.54) is 9.80 Å². The number of nitrogens with one attached hydrogen (secondary N) is 6. The third-order valence-electron chi connectivity index (χ3n) is 17.1. The van der Waals surface area contributed by atoms with Gasteiger partial charge in [-0.3, -0.25) is 43.3 Å². The summed E-state index contributed by atoms with van der Waals surface area (Å²) in [5.74, 6) is -4.83. The predicted molar refractivity (Wildman–Crippen MR) is 353 cm³/mol. The van der Waals surface area contributed by atoms with Crippen LogP contribution in [-0.2, 0) is 38.4 Å². The van der Waals surface area contributed by atoms with Crippen molar-refractivity contribution in [1.82, 2.24) is 39.5 Å². The minimum atomic E-state index is -1.17. The van der Waals surface area contributed by atoms with E-state index >= 15 is 0 Å². The van der Waals surface area contributed by atoms with Gasteiger partial charge in [0, 0.05) is 193 Å². The smallest absolute Gasteiger partial charge is 0.303 e. The summed E-state index contributed by atoms with van der Waals surface area (Å²) >= 11 is 0. The maximum absolute atomic E-state index is 14.6. The zero-order valence-corrected chi connectivity index (χ0v) is 50.4. The van der Waals surface area contributed by atoms with Crippen LogP contribution in [0.2, 0.25) is 0 Å². The minimum Gasteiger partial charge on any atom is -0.481 e. The first-order valence-electron chi connectivity index (χ1n) is 30.9. The highest BCUT2D eigenvalue weighted by molar-refractivity contribution is 6.08. The van der Waals surface area contributed by atoms with Crippen LogP contribution in [-0.4, -0.2) is 163 Å². The van der Waals surface area contributed by atoms with Crippen molar-refractivity contribution < 1.29 is 48.6 Å². The lowest BCUT2D eigenvalue weighted by Gasteiger charge is -2.32. The van der Waals surface area contributed by atoms with Crippen molar-refractivity contribution in [3.8, 4) is 44.5 Å². The number of benzene rings is 4. The molecule has 3 aromatic heterocycles. The lowest BCUT2D eigenvalue weighted by molar-refractivity contribution is -0.141. The molecule has 0 unspecified atom stereocenters. The van der Waals surface area contributed by atoms with Crippen LogP contribution in [0.5, 0.6) is 0 Å². The number of hydrogen-bond donors (Lipinski definition) is 8. The molecule has 9 heterocycles. The van der Waals surface area contributed by atoms with Crippen LogP contribution < -0.4 is 21.3 Å². The topological polar surface area (TPSA) is 295 Å². The summed E-state index contributed by atoms with van der Waals surface area (Å²) in [6.45, 7) is 0.993. The molecular weight excluding hydrogens is 1170 g/mol. The Kier molecular flexibility index (Phi) is 18.4. The van der Waals surface area contributed by atoms with E-state index in [1.54, 1.807) is 24.3 Å². The van der Waals surface area contributed by atoms with Crippen LogP contribution in [0.3, 0.4) is 0 Å². The fraction of sp³-hybridized carbons (Fsp3) is 0.257. The van der Waals surface area contributed by atoms with E-state index < -0.39 is 48.4 Å². The van der Waals surface area contributed by atoms with Crippen LogP contribution in [0.15, 0.2) is 121 Å². The van der Waals surface area contributed by atoms with Gasteiger partial charge >= 0.3 is 11.9 Å². The number of aromatic nitrogens is 4. The maximum atomic E-state index is 14.6. The summed E-state index contributed by atoms with van der Waals surface area (Å²) in [5, 5.41) is 32.2. The molecule has 6 aliphatic rings. The average Bonchev–Trinajstić information content (AvgIpc) is 1.66. The number of H-pyrrole nitrogens is 2. The third-order valence-corrected chi connectivity index (χ3v) is 17.1. The Morgan fingerprint density at radius 2 is 0.620 bits per heavy atom. The van der Waals surface area contributed by atoms with Crippen molar-refractivity contribution >= 4 is 117 Å². The Balaban J connectivity index is 1.19. The SMILES string of the molecule is O=C(O)CCC(=O)N1CCC(=O)Nc2ccccc2-c2c3nc(c4c5ccc([nH]5)c5c6nc(c(c7ccc2[nH]7)-c2ccccc2NC(=O)CCN(CCC(=O)Nc2ccccc2-5)CCN(CC1)CCN(C(=O)CCC(=O)O)CCC(=O)Nc1ccccc1-4)C=C6)C=C3. The number of aromatic amines is 2. The van der Waals surface area contributed by atoms with Crippen molar-refractivity contribution in [3.63, 3.8) is 0 Å². The number of fused-ring (bicyclic) bond motifs is 19. The van der Waals surface area contributed by atoms with Gasteiger partial charge in [-0.25, -0.2) is 9.97 Å². The number of amides is 6. The number of rotatable bonds is 6. The van der Waals surface area contributed by atoms with Gasteiger partial charge in [0.2, 0.25) is 35.4 Å². The van der Waals surface area contributed by atoms with E-state index in [9.17, 15) is 48.6 Å². The highest BCUT2D eigenvalue weighted by atomic mass is 16.4. The average molecular weight is 1240 g/mol. The fourth-order valence-corrected chi connectivity index (χ4v) is 12.4. The summed E-state index contributed by atoms with van der Waals surface area (Å²) < 4.78 is 0. The first kappa shape index (κ1) is 61.4. The van der Waals surface area contributed by atoms with Crippen LogP contribution in [0.4, 0.5) is 22.7 Å². The Bertz CT molecular complexity index is 4090. The number of aliphatic carboxylic acids is 2. The molecule has 0 saturated heterocycles. The van der Waals surface area contributed by atoms with Gasteiger partial charge in [-0.05, 0) is 72.8 Å². The number of hydrogen-bond acceptors (Lipinski definition) is 12. The quantitative estimate of drug-likeness (QED) is 0.0769. The van der Waals surface area contributed by atoms with Gasteiger partial charge in [0.05, 0.1) is 35.6 Å². The van der Waals surface area contributed by atoms with E-state index in [2.05, 4.69) is 31.2 Å². The van der Waals surface area contributed by atoms with E-state index in [1.807, 2.05) is 131 Å². The van der Waals surface area contributed by atoms with E-state index in [4.69, 9.17) is 9.97 Å². The van der Waals surface area contributed by atoms with Gasteiger partial charge < -0.3 is 56.1 Å². The highest BCUT2D eigenvalue weighted by Gasteiger charge is 2.27. The lowest BCUT2D eigenvalue weighted by atomic mass is 10.0. The second kappa shape index (κ2) is 27.5. The molecule has 22 nitrogen and oxygen atoms in total. The molecule has 7 aromatic rings. The molecule has 0 fully saturated rings. The molecule has 4 aromatic carbocycles. The number of carboxylic acid groups (broad SMARTS) is 2. The molecule has 0 radical (unpaired) electrons. The summed E-state index contributed by atoms with van der Waals surface area (Å²) in [6.07, 6.45) is 5.63. The number of nitrogens with zero attached hydrogens (tertiary/aromatic N) is 6. The molecule has 22 heteroatoms. The van der Waals surface area contributed by atoms with Crippen molar-refractivity contribution in [3.05, 3.63) is 144 Å². The zero-order chi connectivity index (χ0) is 63.8. The monoisotopic (exact) mass is 1240 g/mol. The van der Waals surface area contributed by atoms with E-state index in [0.29, 0.717) is 112 Å². The molecule has 0 atom stereocenters. The molecule has 0 spiro atoms. The van der Waals surface area contributed by atoms with Gasteiger partial charge in [0.1, 0.15) is 0 Å². The number of anilines is 4. The second-order valence-electron chi connectivity index (χ2n) is 23.1. The molecule has 0 aliphatic carbocycles. The van der Waals surface area contributed by atoms with Crippen LogP contribution in [0.25, 0.3) is 90.9 Å². The van der Waals surface area contributed by atoms with Crippen LogP contribution >= 0.6 is 0 Å². The van der Waals surface area contributed by atoms with Gasteiger partial charge in [-0.2, -0.15) is 0 Å². The van der Waals surface area contributed by atoms with E-state index in [0.717, 1.165) is 0 Å². The van der Waals surface area contributed by atoms with Gasteiger partial charge in [-0.1, -0.05) is 72.8 Å². The molecule has 92 heavy (non-hydrogen) atoms. The van der Waals surface area contributed by atoms with Crippen LogP contribution in [0, 0.1) is 0 Å². The highest BCUT2D eigenvalue weighted by Crippen LogP contribution is 2.43. The standard InChI is InChI=1S/C70H68N12O10/c83-59-29-33-79-34-30-60(84)76-48-14-6-2-10-44(48)68-52-18-17-51(71-52)67(43-9-1-5-13-47(43)75-59)53-19-21-55(72-53)69-45-11-3-7-15-49(45)77-61(85)31-35-81(63(87)25-27-65(89)90)41-39-80(38-37-79)40-42-82(64(88)26-28-66(91)92)36-32-62(86)78-50-16-8-4-12-46(50)70(56-22-20-54(68)73-56)58-24-23-57(69)74-58/h1-24,72-73H,25-42H2,(H,75,83)(H,76,84)(H,77,85)(H,78,86)(H,89,90)(H,91,92). The Labute approximate surface area is 529 Å². The van der Waals surface area contributed by atoms with Crippen molar-refractivity contribution in [2.24, 2.45) is 0 Å². The Hall–Kier alpha value is -10.8. The molecule has 14 bridgehead atoms. The summed E-state index contributed by atoms with van der Waals surface area (Å²) in [4.78, 5) is 136. The molecular formula is C70H68N12O10. The first-order chi connectivity index (χ1) is 44.7. The molecule has 0 saturated carbocycles. The Morgan fingerprint density at radius 1 is 0.348 bits per heavy atom. The zero-order valence-electron chi connectivity index (χ0n) is 50.4. The Morgan fingerprint density at radius 3 is 0.924 bits per heavy atom. The van der Waals surface area contributed by atoms with Gasteiger partial charge in [0.15, 0.2) is 0 Å². The molecule has 13 rings (SSSR count). The molecule has 6 aliphatic heterocycles. The third kappa shape index (κ3) is 14.0. The fourth-order valence-electron chi connectivity index (χ4n) is 12.4.